The van der Waals surface area contributed by atoms with Crippen molar-refractivity contribution in [3.63, 3.8) is 0 Å². The Hall–Kier alpha value is -3.74. The van der Waals surface area contributed by atoms with E-state index in [4.69, 9.17) is 0 Å². The zero-order valence-electron chi connectivity index (χ0n) is 15.9. The van der Waals surface area contributed by atoms with E-state index < -0.39 is 6.04 Å². The van der Waals surface area contributed by atoms with E-state index in [0.717, 1.165) is 11.3 Å². The molecule has 2 heterocycles. The van der Waals surface area contributed by atoms with Gasteiger partial charge in [-0.25, -0.2) is 14.1 Å². The van der Waals surface area contributed by atoms with Gasteiger partial charge in [0.15, 0.2) is 0 Å². The number of benzene rings is 2. The molecule has 2 aromatic heterocycles. The van der Waals surface area contributed by atoms with Gasteiger partial charge in [-0.15, -0.1) is 0 Å². The minimum atomic E-state index is -0.553. The predicted molar refractivity (Wildman–Crippen MR) is 107 cm³/mol. The molecule has 0 bridgehead atoms. The summed E-state index contributed by atoms with van der Waals surface area (Å²) in [5.74, 6) is 0.0684. The normalized spacial score (nSPS) is 11.9. The Bertz CT molecular complexity index is 1120. The number of carbonyl (C=O) groups is 1. The quantitative estimate of drug-likeness (QED) is 0.551. The third-order valence-electron chi connectivity index (χ3n) is 4.63. The molecule has 0 aliphatic carbocycles. The first-order chi connectivity index (χ1) is 14.1. The molecule has 0 fully saturated rings. The van der Waals surface area contributed by atoms with Gasteiger partial charge in [0.1, 0.15) is 17.7 Å². The van der Waals surface area contributed by atoms with Crippen LogP contribution in [0.5, 0.6) is 0 Å². The number of nitrogens with zero attached hydrogens (tertiary/aromatic N) is 4. The number of halogens is 1. The molecule has 0 saturated carbocycles. The number of nitrogens with one attached hydrogen (secondary N) is 1. The Morgan fingerprint density at radius 2 is 2.00 bits per heavy atom. The zero-order chi connectivity index (χ0) is 20.2. The number of aromatic nitrogens is 4. The average Bonchev–Trinajstić information content (AvgIpc) is 3.36. The topological polar surface area (TPSA) is 64.7 Å². The minimum absolute atomic E-state index is 0.156. The van der Waals surface area contributed by atoms with Gasteiger partial charge in [-0.3, -0.25) is 4.79 Å². The molecular formula is C22H20FN5O. The van der Waals surface area contributed by atoms with Crippen LogP contribution in [-0.2, 0) is 18.3 Å². The molecule has 7 heteroatoms. The maximum atomic E-state index is 13.8. The Labute approximate surface area is 167 Å². The third-order valence-corrected chi connectivity index (χ3v) is 4.63. The molecule has 1 amide bonds. The van der Waals surface area contributed by atoms with E-state index in [0.29, 0.717) is 11.4 Å². The van der Waals surface area contributed by atoms with Gasteiger partial charge >= 0.3 is 0 Å². The number of carbonyl (C=O) groups excluding carboxylic acids is 1. The second-order valence-electron chi connectivity index (χ2n) is 6.76. The number of aryl methyl sites for hydroxylation is 1. The second kappa shape index (κ2) is 8.10. The third kappa shape index (κ3) is 4.24. The fourth-order valence-electron chi connectivity index (χ4n) is 3.21. The first kappa shape index (κ1) is 18.6. The zero-order valence-corrected chi connectivity index (χ0v) is 15.9. The van der Waals surface area contributed by atoms with Gasteiger partial charge in [0.25, 0.3) is 0 Å². The summed E-state index contributed by atoms with van der Waals surface area (Å²) in [6.07, 6.45) is 7.09. The van der Waals surface area contributed by atoms with Gasteiger partial charge < -0.3 is 9.88 Å². The lowest BCUT2D eigenvalue weighted by atomic mass is 10.1. The number of hydrogen-bond donors (Lipinski definition) is 1. The molecule has 6 nitrogen and oxygen atoms in total. The molecule has 0 spiro atoms. The monoisotopic (exact) mass is 389 g/mol. The summed E-state index contributed by atoms with van der Waals surface area (Å²) in [6.45, 7) is 0. The van der Waals surface area contributed by atoms with Gasteiger partial charge in [-0.05, 0) is 35.4 Å². The molecule has 146 valence electrons. The molecule has 0 aliphatic heterocycles. The van der Waals surface area contributed by atoms with Crippen molar-refractivity contribution in [1.29, 1.82) is 0 Å². The van der Waals surface area contributed by atoms with E-state index >= 15 is 0 Å². The second-order valence-corrected chi connectivity index (χ2v) is 6.76. The van der Waals surface area contributed by atoms with Crippen LogP contribution in [-0.4, -0.2) is 25.2 Å². The molecule has 0 unspecified atom stereocenters. The Morgan fingerprint density at radius 1 is 1.17 bits per heavy atom. The molecule has 4 rings (SSSR count). The highest BCUT2D eigenvalue weighted by Crippen LogP contribution is 2.21. The van der Waals surface area contributed by atoms with Crippen LogP contribution in [0.4, 0.5) is 4.39 Å². The van der Waals surface area contributed by atoms with E-state index in [9.17, 15) is 9.18 Å². The number of amides is 1. The van der Waals surface area contributed by atoms with Crippen molar-refractivity contribution < 1.29 is 9.18 Å². The molecule has 29 heavy (non-hydrogen) atoms. The van der Waals surface area contributed by atoms with E-state index in [2.05, 4.69) is 15.4 Å². The van der Waals surface area contributed by atoms with Gasteiger partial charge in [-0.2, -0.15) is 5.10 Å². The van der Waals surface area contributed by atoms with E-state index in [1.54, 1.807) is 35.4 Å². The van der Waals surface area contributed by atoms with Crippen LogP contribution in [0, 0.1) is 5.82 Å². The molecular weight excluding hydrogens is 369 g/mol. The van der Waals surface area contributed by atoms with Crippen LogP contribution in [0.3, 0.4) is 0 Å². The van der Waals surface area contributed by atoms with E-state index in [-0.39, 0.29) is 18.1 Å². The average molecular weight is 389 g/mol. The molecule has 1 N–H and O–H groups in total. The van der Waals surface area contributed by atoms with Crippen molar-refractivity contribution in [3.8, 4) is 5.69 Å². The fraction of sp³-hybridized carbons (Fsp3) is 0.136. The maximum absolute atomic E-state index is 13.8. The fourth-order valence-corrected chi connectivity index (χ4v) is 3.21. The van der Waals surface area contributed by atoms with E-state index in [1.807, 2.05) is 48.1 Å². The van der Waals surface area contributed by atoms with Gasteiger partial charge in [0.05, 0.1) is 18.3 Å². The summed E-state index contributed by atoms with van der Waals surface area (Å²) >= 11 is 0. The summed E-state index contributed by atoms with van der Waals surface area (Å²) < 4.78 is 17.3. The number of imidazole rings is 1. The Kier molecular flexibility index (Phi) is 5.20. The smallest absolute Gasteiger partial charge is 0.225 e. The summed E-state index contributed by atoms with van der Waals surface area (Å²) in [4.78, 5) is 17.1. The largest absolute Gasteiger partial charge is 0.342 e. The van der Waals surface area contributed by atoms with Crippen molar-refractivity contribution in [1.82, 2.24) is 24.6 Å². The van der Waals surface area contributed by atoms with E-state index in [1.165, 1.54) is 12.1 Å². The SMILES string of the molecule is Cn1ccnc1[C@H](NC(=O)Cc1cnn(-c2ccccc2)c1)c1cccc(F)c1. The van der Waals surface area contributed by atoms with Crippen LogP contribution in [0.15, 0.2) is 79.4 Å². The van der Waals surface area contributed by atoms with Gasteiger partial charge in [0, 0.05) is 25.6 Å². The van der Waals surface area contributed by atoms with Crippen LogP contribution in [0.25, 0.3) is 5.69 Å². The van der Waals surface area contributed by atoms with Crippen LogP contribution in [0.1, 0.15) is 23.0 Å². The van der Waals surface area contributed by atoms with Gasteiger partial charge in [0.2, 0.25) is 5.91 Å². The lowest BCUT2D eigenvalue weighted by molar-refractivity contribution is -0.121. The lowest BCUT2D eigenvalue weighted by Crippen LogP contribution is -2.32. The molecule has 0 saturated heterocycles. The Morgan fingerprint density at radius 3 is 2.72 bits per heavy atom. The molecule has 4 aromatic rings. The maximum Gasteiger partial charge on any atom is 0.225 e. The number of rotatable bonds is 6. The van der Waals surface area contributed by atoms with Gasteiger partial charge in [-0.1, -0.05) is 30.3 Å². The first-order valence-corrected chi connectivity index (χ1v) is 9.21. The van der Waals surface area contributed by atoms with Crippen LogP contribution < -0.4 is 5.32 Å². The van der Waals surface area contributed by atoms with Crippen molar-refractivity contribution >= 4 is 5.91 Å². The number of hydrogen-bond acceptors (Lipinski definition) is 3. The summed E-state index contributed by atoms with van der Waals surface area (Å²) in [7, 11) is 1.84. The highest BCUT2D eigenvalue weighted by atomic mass is 19.1. The summed E-state index contributed by atoms with van der Waals surface area (Å²) in [5, 5.41) is 7.30. The Balaban J connectivity index is 1.53. The molecule has 1 atom stereocenters. The van der Waals surface area contributed by atoms with Crippen LogP contribution >= 0.6 is 0 Å². The molecule has 0 aliphatic rings. The molecule has 0 radical (unpaired) electrons. The summed E-state index contributed by atoms with van der Waals surface area (Å²) in [6, 6.07) is 15.3. The summed E-state index contributed by atoms with van der Waals surface area (Å²) in [5.41, 5.74) is 2.33. The lowest BCUT2D eigenvalue weighted by Gasteiger charge is -2.19. The van der Waals surface area contributed by atoms with Crippen molar-refractivity contribution in [2.75, 3.05) is 0 Å². The minimum Gasteiger partial charge on any atom is -0.342 e. The number of para-hydroxylation sites is 1. The van der Waals surface area contributed by atoms with Crippen molar-refractivity contribution in [2.24, 2.45) is 7.05 Å². The highest BCUT2D eigenvalue weighted by molar-refractivity contribution is 5.79. The van der Waals surface area contributed by atoms with Crippen molar-refractivity contribution in [2.45, 2.75) is 12.5 Å². The first-order valence-electron chi connectivity index (χ1n) is 9.21. The highest BCUT2D eigenvalue weighted by Gasteiger charge is 2.21. The molecule has 2 aromatic carbocycles. The predicted octanol–water partition coefficient (Wildman–Crippen LogP) is 3.19. The van der Waals surface area contributed by atoms with Crippen LogP contribution in [0.2, 0.25) is 0 Å². The van der Waals surface area contributed by atoms with Crippen molar-refractivity contribution in [3.05, 3.63) is 102 Å². The standard InChI is InChI=1S/C22H20FN5O/c1-27-11-10-24-22(27)21(17-6-5-7-18(23)13-17)26-20(29)12-16-14-25-28(15-16)19-8-3-2-4-9-19/h2-11,13-15,21H,12H2,1H3,(H,26,29)/t21-/m1/s1.